The van der Waals surface area contributed by atoms with E-state index < -0.39 is 0 Å². The van der Waals surface area contributed by atoms with Crippen LogP contribution in [0, 0.1) is 0 Å². The van der Waals surface area contributed by atoms with E-state index in [1.54, 1.807) is 18.6 Å². The quantitative estimate of drug-likeness (QED) is 0.662. The molecule has 0 amide bonds. The summed E-state index contributed by atoms with van der Waals surface area (Å²) in [5.41, 5.74) is 2.18. The highest BCUT2D eigenvalue weighted by Crippen LogP contribution is 2.01. The number of nitrogens with one attached hydrogen (secondary N) is 1. The van der Waals surface area contributed by atoms with E-state index in [1.807, 2.05) is 18.3 Å². The van der Waals surface area contributed by atoms with Crippen molar-refractivity contribution in [2.24, 2.45) is 4.99 Å². The van der Waals surface area contributed by atoms with Crippen LogP contribution in [-0.2, 0) is 0 Å². The lowest BCUT2D eigenvalue weighted by Crippen LogP contribution is -2.21. The van der Waals surface area contributed by atoms with Gasteiger partial charge >= 0.3 is 0 Å². The molecule has 0 aromatic carbocycles. The van der Waals surface area contributed by atoms with Crippen molar-refractivity contribution in [3.63, 3.8) is 0 Å². The van der Waals surface area contributed by atoms with Crippen LogP contribution in [0.5, 0.6) is 0 Å². The van der Waals surface area contributed by atoms with Crippen molar-refractivity contribution in [1.29, 1.82) is 0 Å². The molecular formula is C9H9N3. The molecule has 0 atom stereocenters. The molecule has 2 rings (SSSR count). The molecular weight excluding hydrogens is 150 g/mol. The van der Waals surface area contributed by atoms with Gasteiger partial charge in [-0.3, -0.25) is 9.98 Å². The second-order valence-corrected chi connectivity index (χ2v) is 2.51. The van der Waals surface area contributed by atoms with Crippen LogP contribution in [0.1, 0.15) is 5.56 Å². The first-order chi connectivity index (χ1) is 5.97. The summed E-state index contributed by atoms with van der Waals surface area (Å²) in [5.74, 6) is 0. The van der Waals surface area contributed by atoms with Crippen LogP contribution < -0.4 is 5.32 Å². The number of nitrogens with zero attached hydrogens (tertiary/aromatic N) is 2. The first-order valence-corrected chi connectivity index (χ1v) is 3.82. The van der Waals surface area contributed by atoms with Crippen LogP contribution >= 0.6 is 0 Å². The zero-order valence-electron chi connectivity index (χ0n) is 6.57. The first-order valence-electron chi connectivity index (χ1n) is 3.82. The second kappa shape index (κ2) is 3.17. The molecule has 60 valence electrons. The zero-order chi connectivity index (χ0) is 8.23. The first kappa shape index (κ1) is 7.03. The molecule has 0 spiro atoms. The van der Waals surface area contributed by atoms with Crippen molar-refractivity contribution < 1.29 is 0 Å². The van der Waals surface area contributed by atoms with Gasteiger partial charge < -0.3 is 5.32 Å². The van der Waals surface area contributed by atoms with Gasteiger partial charge in [0.1, 0.15) is 0 Å². The summed E-state index contributed by atoms with van der Waals surface area (Å²) in [5, 5.41) is 3.10. The molecule has 12 heavy (non-hydrogen) atoms. The maximum absolute atomic E-state index is 4.25. The van der Waals surface area contributed by atoms with Crippen molar-refractivity contribution in [2.45, 2.75) is 0 Å². The van der Waals surface area contributed by atoms with E-state index in [9.17, 15) is 0 Å². The number of hydrogen-bond acceptors (Lipinski definition) is 3. The van der Waals surface area contributed by atoms with Crippen LogP contribution in [0.3, 0.4) is 0 Å². The Kier molecular flexibility index (Phi) is 1.86. The third kappa shape index (κ3) is 1.34. The SMILES string of the molecule is C1=CNCC(c2ccncc2)=N1. The van der Waals surface area contributed by atoms with Gasteiger partial charge in [0.15, 0.2) is 0 Å². The molecule has 1 aliphatic rings. The van der Waals surface area contributed by atoms with E-state index in [-0.39, 0.29) is 0 Å². The number of aromatic nitrogens is 1. The number of pyridine rings is 1. The van der Waals surface area contributed by atoms with Gasteiger partial charge in [-0.25, -0.2) is 0 Å². The minimum atomic E-state index is 0.792. The number of rotatable bonds is 1. The lowest BCUT2D eigenvalue weighted by molar-refractivity contribution is 0.988. The van der Waals surface area contributed by atoms with Gasteiger partial charge in [-0.1, -0.05) is 0 Å². The highest BCUT2D eigenvalue weighted by Gasteiger charge is 2.02. The van der Waals surface area contributed by atoms with E-state index in [0.717, 1.165) is 17.8 Å². The predicted octanol–water partition coefficient (Wildman–Crippen LogP) is 0.945. The Hall–Kier alpha value is -1.64. The van der Waals surface area contributed by atoms with E-state index >= 15 is 0 Å². The molecule has 0 radical (unpaired) electrons. The average Bonchev–Trinajstić information content (AvgIpc) is 2.21. The molecule has 0 saturated carbocycles. The molecule has 1 aliphatic heterocycles. The standard InChI is InChI=1S/C9H9N3/c1-3-10-4-2-8(1)9-7-11-5-6-12-9/h1-6,11H,7H2. The molecule has 0 bridgehead atoms. The molecule has 0 fully saturated rings. The molecule has 3 heteroatoms. The summed E-state index contributed by atoms with van der Waals surface area (Å²) in [6, 6.07) is 3.92. The average molecular weight is 159 g/mol. The Labute approximate surface area is 70.9 Å². The van der Waals surface area contributed by atoms with Gasteiger partial charge in [0.25, 0.3) is 0 Å². The molecule has 0 aliphatic carbocycles. The topological polar surface area (TPSA) is 37.3 Å². The smallest absolute Gasteiger partial charge is 0.0668 e. The fourth-order valence-electron chi connectivity index (χ4n) is 1.10. The zero-order valence-corrected chi connectivity index (χ0v) is 6.57. The van der Waals surface area contributed by atoms with Gasteiger partial charge in [-0.05, 0) is 12.1 Å². The van der Waals surface area contributed by atoms with Crippen LogP contribution in [0.25, 0.3) is 0 Å². The lowest BCUT2D eigenvalue weighted by atomic mass is 10.1. The second-order valence-electron chi connectivity index (χ2n) is 2.51. The van der Waals surface area contributed by atoms with Gasteiger partial charge in [-0.15, -0.1) is 0 Å². The van der Waals surface area contributed by atoms with Crippen LogP contribution in [0.4, 0.5) is 0 Å². The summed E-state index contributed by atoms with van der Waals surface area (Å²) in [6.07, 6.45) is 7.15. The van der Waals surface area contributed by atoms with E-state index in [4.69, 9.17) is 0 Å². The van der Waals surface area contributed by atoms with Gasteiger partial charge in [0.2, 0.25) is 0 Å². The summed E-state index contributed by atoms with van der Waals surface area (Å²) in [4.78, 5) is 8.19. The summed E-state index contributed by atoms with van der Waals surface area (Å²) in [7, 11) is 0. The van der Waals surface area contributed by atoms with Crippen molar-refractivity contribution in [3.05, 3.63) is 42.5 Å². The van der Waals surface area contributed by atoms with Crippen molar-refractivity contribution in [3.8, 4) is 0 Å². The highest BCUT2D eigenvalue weighted by molar-refractivity contribution is 6.02. The maximum Gasteiger partial charge on any atom is 0.0668 e. The fourth-order valence-corrected chi connectivity index (χ4v) is 1.10. The summed E-state index contributed by atoms with van der Waals surface area (Å²) >= 11 is 0. The lowest BCUT2D eigenvalue weighted by Gasteiger charge is -2.08. The third-order valence-corrected chi connectivity index (χ3v) is 1.71. The van der Waals surface area contributed by atoms with E-state index in [0.29, 0.717) is 0 Å². The Bertz CT molecular complexity index is 314. The van der Waals surface area contributed by atoms with Gasteiger partial charge in [-0.2, -0.15) is 0 Å². The minimum Gasteiger partial charge on any atom is -0.384 e. The van der Waals surface area contributed by atoms with Gasteiger partial charge in [0, 0.05) is 30.4 Å². The summed E-state index contributed by atoms with van der Waals surface area (Å²) in [6.45, 7) is 0.792. The van der Waals surface area contributed by atoms with Crippen LogP contribution in [0.2, 0.25) is 0 Å². The predicted molar refractivity (Wildman–Crippen MR) is 47.9 cm³/mol. The van der Waals surface area contributed by atoms with Crippen molar-refractivity contribution in [1.82, 2.24) is 10.3 Å². The summed E-state index contributed by atoms with van der Waals surface area (Å²) < 4.78 is 0. The van der Waals surface area contributed by atoms with E-state index in [2.05, 4.69) is 15.3 Å². The Morgan fingerprint density at radius 1 is 1.25 bits per heavy atom. The largest absolute Gasteiger partial charge is 0.384 e. The number of aliphatic imine (C=N–C) groups is 1. The molecule has 1 N–H and O–H groups in total. The molecule has 0 unspecified atom stereocenters. The molecule has 1 aromatic rings. The van der Waals surface area contributed by atoms with Crippen molar-refractivity contribution in [2.75, 3.05) is 6.54 Å². The van der Waals surface area contributed by atoms with Crippen LogP contribution in [-0.4, -0.2) is 17.2 Å². The molecule has 0 saturated heterocycles. The van der Waals surface area contributed by atoms with Crippen molar-refractivity contribution >= 4 is 5.71 Å². The Morgan fingerprint density at radius 2 is 2.08 bits per heavy atom. The van der Waals surface area contributed by atoms with Crippen LogP contribution in [0.15, 0.2) is 41.9 Å². The third-order valence-electron chi connectivity index (χ3n) is 1.71. The van der Waals surface area contributed by atoms with Gasteiger partial charge in [0.05, 0.1) is 12.3 Å². The molecule has 1 aromatic heterocycles. The Balaban J connectivity index is 2.31. The maximum atomic E-state index is 4.25. The monoisotopic (exact) mass is 159 g/mol. The normalized spacial score (nSPS) is 15.2. The highest BCUT2D eigenvalue weighted by atomic mass is 14.9. The molecule has 2 heterocycles. The van der Waals surface area contributed by atoms with E-state index in [1.165, 1.54) is 0 Å². The Morgan fingerprint density at radius 3 is 2.75 bits per heavy atom. The molecule has 3 nitrogen and oxygen atoms in total. The number of hydrogen-bond donors (Lipinski definition) is 1. The fraction of sp³-hybridized carbons (Fsp3) is 0.111. The minimum absolute atomic E-state index is 0.792.